The number of aliphatic hydroxyl groups is 1. The van der Waals surface area contributed by atoms with Gasteiger partial charge in [0.25, 0.3) is 0 Å². The molecule has 94 valence electrons. The molecule has 0 aliphatic heterocycles. The van der Waals surface area contributed by atoms with Crippen LogP contribution in [0.5, 0.6) is 0 Å². The summed E-state index contributed by atoms with van der Waals surface area (Å²) in [6.07, 6.45) is 0.939. The van der Waals surface area contributed by atoms with Crippen LogP contribution in [0.1, 0.15) is 29.9 Å². The summed E-state index contributed by atoms with van der Waals surface area (Å²) in [5, 5.41) is 12.0. The first kappa shape index (κ1) is 13.4. The lowest BCUT2D eigenvalue weighted by Gasteiger charge is -2.09. The van der Waals surface area contributed by atoms with Gasteiger partial charge in [-0.2, -0.15) is 0 Å². The summed E-state index contributed by atoms with van der Waals surface area (Å²) < 4.78 is 4.87. The highest BCUT2D eigenvalue weighted by Crippen LogP contribution is 2.08. The van der Waals surface area contributed by atoms with Gasteiger partial charge in [0.2, 0.25) is 5.95 Å². The number of rotatable bonds is 5. The lowest BCUT2D eigenvalue weighted by molar-refractivity contribution is 0.0524. The standard InChI is InChI=1S/C11H17N3O3/c1-4-17-10(16)9-6-13-11(14-8(9)3)12-5-7(2)15/h6-7,15H,4-5H2,1-3H3,(H,12,13,14). The number of hydrogen-bond acceptors (Lipinski definition) is 6. The fourth-order valence-corrected chi connectivity index (χ4v) is 1.20. The highest BCUT2D eigenvalue weighted by atomic mass is 16.5. The van der Waals surface area contributed by atoms with Crippen LogP contribution in [0.25, 0.3) is 0 Å². The summed E-state index contributed by atoms with van der Waals surface area (Å²) in [6, 6.07) is 0. The van der Waals surface area contributed by atoms with E-state index in [-0.39, 0.29) is 0 Å². The van der Waals surface area contributed by atoms with Crippen molar-refractivity contribution >= 4 is 11.9 Å². The molecule has 0 aromatic carbocycles. The highest BCUT2D eigenvalue weighted by Gasteiger charge is 2.12. The maximum atomic E-state index is 11.5. The van der Waals surface area contributed by atoms with Gasteiger partial charge in [-0.25, -0.2) is 14.8 Å². The minimum absolute atomic E-state index is 0.320. The molecule has 6 nitrogen and oxygen atoms in total. The molecule has 0 aliphatic rings. The van der Waals surface area contributed by atoms with Crippen LogP contribution in [0.4, 0.5) is 5.95 Å². The number of nitrogens with one attached hydrogen (secondary N) is 1. The van der Waals surface area contributed by atoms with Crippen molar-refractivity contribution in [3.8, 4) is 0 Å². The summed E-state index contributed by atoms with van der Waals surface area (Å²) in [6.45, 7) is 5.79. The van der Waals surface area contributed by atoms with Gasteiger partial charge in [-0.1, -0.05) is 0 Å². The molecule has 1 heterocycles. The molecule has 2 N–H and O–H groups in total. The number of ether oxygens (including phenoxy) is 1. The summed E-state index contributed by atoms with van der Waals surface area (Å²) >= 11 is 0. The molecule has 17 heavy (non-hydrogen) atoms. The van der Waals surface area contributed by atoms with Crippen LogP contribution in [0.15, 0.2) is 6.20 Å². The number of esters is 1. The molecule has 0 bridgehead atoms. The third-order valence-electron chi connectivity index (χ3n) is 2.03. The number of aryl methyl sites for hydroxylation is 1. The average Bonchev–Trinajstić information content (AvgIpc) is 2.26. The van der Waals surface area contributed by atoms with Gasteiger partial charge in [-0.05, 0) is 20.8 Å². The minimum atomic E-state index is -0.483. The zero-order valence-corrected chi connectivity index (χ0v) is 10.2. The quantitative estimate of drug-likeness (QED) is 0.738. The van der Waals surface area contributed by atoms with Crippen LogP contribution in [0.2, 0.25) is 0 Å². The first-order valence-electron chi connectivity index (χ1n) is 5.47. The number of nitrogens with zero attached hydrogens (tertiary/aromatic N) is 2. The number of carbonyl (C=O) groups is 1. The largest absolute Gasteiger partial charge is 0.462 e. The van der Waals surface area contributed by atoms with Crippen LogP contribution in [0.3, 0.4) is 0 Å². The fraction of sp³-hybridized carbons (Fsp3) is 0.545. The number of aliphatic hydroxyl groups excluding tert-OH is 1. The Hall–Kier alpha value is -1.69. The maximum absolute atomic E-state index is 11.5. The average molecular weight is 239 g/mol. The SMILES string of the molecule is CCOC(=O)c1cnc(NCC(C)O)nc1C. The summed E-state index contributed by atoms with van der Waals surface area (Å²) in [5.74, 6) is -0.0384. The van der Waals surface area contributed by atoms with E-state index in [1.54, 1.807) is 20.8 Å². The molecule has 0 aliphatic carbocycles. The lowest BCUT2D eigenvalue weighted by atomic mass is 10.2. The van der Waals surface area contributed by atoms with E-state index in [0.29, 0.717) is 30.4 Å². The first-order valence-corrected chi connectivity index (χ1v) is 5.47. The van der Waals surface area contributed by atoms with E-state index >= 15 is 0 Å². The predicted octanol–water partition coefficient (Wildman–Crippen LogP) is 0.754. The second kappa shape index (κ2) is 6.15. The van der Waals surface area contributed by atoms with E-state index in [1.165, 1.54) is 6.20 Å². The maximum Gasteiger partial charge on any atom is 0.341 e. The topological polar surface area (TPSA) is 84.3 Å². The zero-order chi connectivity index (χ0) is 12.8. The summed E-state index contributed by atoms with van der Waals surface area (Å²) in [5.41, 5.74) is 0.904. The Balaban J connectivity index is 2.75. The normalized spacial score (nSPS) is 12.0. The third kappa shape index (κ3) is 3.99. The second-order valence-electron chi connectivity index (χ2n) is 3.64. The van der Waals surface area contributed by atoms with E-state index in [2.05, 4.69) is 15.3 Å². The molecule has 1 aromatic rings. The first-order chi connectivity index (χ1) is 8.04. The van der Waals surface area contributed by atoms with E-state index in [0.717, 1.165) is 0 Å². The van der Waals surface area contributed by atoms with Crippen LogP contribution >= 0.6 is 0 Å². The number of hydrogen-bond donors (Lipinski definition) is 2. The second-order valence-corrected chi connectivity index (χ2v) is 3.64. The molecule has 6 heteroatoms. The lowest BCUT2D eigenvalue weighted by Crippen LogP contribution is -2.18. The Kier molecular flexibility index (Phi) is 4.84. The van der Waals surface area contributed by atoms with Gasteiger partial charge in [0.05, 0.1) is 24.0 Å². The molecule has 0 fully saturated rings. The Morgan fingerprint density at radius 2 is 2.35 bits per heavy atom. The molecule has 1 unspecified atom stereocenters. The third-order valence-corrected chi connectivity index (χ3v) is 2.03. The highest BCUT2D eigenvalue weighted by molar-refractivity contribution is 5.90. The van der Waals surface area contributed by atoms with Gasteiger partial charge in [0.1, 0.15) is 0 Å². The number of aromatic nitrogens is 2. The van der Waals surface area contributed by atoms with Crippen LogP contribution in [-0.2, 0) is 4.74 Å². The van der Waals surface area contributed by atoms with Gasteiger partial charge < -0.3 is 15.2 Å². The smallest absolute Gasteiger partial charge is 0.341 e. The number of anilines is 1. The van der Waals surface area contributed by atoms with Gasteiger partial charge >= 0.3 is 5.97 Å². The van der Waals surface area contributed by atoms with Crippen molar-refractivity contribution in [2.45, 2.75) is 26.9 Å². The monoisotopic (exact) mass is 239 g/mol. The van der Waals surface area contributed by atoms with Gasteiger partial charge in [-0.15, -0.1) is 0 Å². The molecule has 0 amide bonds. The Bertz CT molecular complexity index is 394. The van der Waals surface area contributed by atoms with Crippen LogP contribution in [0, 0.1) is 6.92 Å². The Morgan fingerprint density at radius 3 is 2.88 bits per heavy atom. The molecule has 0 saturated carbocycles. The molecular weight excluding hydrogens is 222 g/mol. The molecule has 1 aromatic heterocycles. The molecule has 1 atom stereocenters. The molecule has 0 spiro atoms. The van der Waals surface area contributed by atoms with Crippen molar-refractivity contribution in [2.24, 2.45) is 0 Å². The van der Waals surface area contributed by atoms with E-state index in [9.17, 15) is 4.79 Å². The molecule has 0 radical (unpaired) electrons. The Morgan fingerprint density at radius 1 is 1.65 bits per heavy atom. The van der Waals surface area contributed by atoms with Crippen molar-refractivity contribution in [1.82, 2.24) is 9.97 Å². The van der Waals surface area contributed by atoms with Gasteiger partial charge in [0, 0.05) is 12.7 Å². The van der Waals surface area contributed by atoms with Crippen LogP contribution < -0.4 is 5.32 Å². The van der Waals surface area contributed by atoms with Gasteiger partial charge in [-0.3, -0.25) is 0 Å². The van der Waals surface area contributed by atoms with E-state index in [4.69, 9.17) is 9.84 Å². The fourth-order valence-electron chi connectivity index (χ4n) is 1.20. The van der Waals surface area contributed by atoms with Gasteiger partial charge in [0.15, 0.2) is 0 Å². The van der Waals surface area contributed by atoms with Crippen molar-refractivity contribution in [3.05, 3.63) is 17.5 Å². The van der Waals surface area contributed by atoms with Crippen molar-refractivity contribution < 1.29 is 14.6 Å². The predicted molar refractivity (Wildman–Crippen MR) is 62.9 cm³/mol. The minimum Gasteiger partial charge on any atom is -0.462 e. The zero-order valence-electron chi connectivity index (χ0n) is 10.2. The summed E-state index contributed by atoms with van der Waals surface area (Å²) in [7, 11) is 0. The van der Waals surface area contributed by atoms with Crippen LogP contribution in [-0.4, -0.2) is 40.3 Å². The molecular formula is C11H17N3O3. The van der Waals surface area contributed by atoms with E-state index in [1.807, 2.05) is 0 Å². The Labute approximate surface area is 100 Å². The summed E-state index contributed by atoms with van der Waals surface area (Å²) in [4.78, 5) is 19.6. The van der Waals surface area contributed by atoms with Crippen molar-refractivity contribution in [1.29, 1.82) is 0 Å². The van der Waals surface area contributed by atoms with Crippen molar-refractivity contribution in [3.63, 3.8) is 0 Å². The number of carbonyl (C=O) groups excluding carboxylic acids is 1. The molecule has 1 rings (SSSR count). The van der Waals surface area contributed by atoms with E-state index < -0.39 is 12.1 Å². The van der Waals surface area contributed by atoms with Crippen molar-refractivity contribution in [2.75, 3.05) is 18.5 Å². The molecule has 0 saturated heterocycles.